The molecule has 0 radical (unpaired) electrons. The van der Waals surface area contributed by atoms with Gasteiger partial charge in [-0.3, -0.25) is 0 Å². The van der Waals surface area contributed by atoms with Gasteiger partial charge in [-0.1, -0.05) is 35.5 Å². The predicted octanol–water partition coefficient (Wildman–Crippen LogP) is 1.61. The number of rotatable bonds is 3. The summed E-state index contributed by atoms with van der Waals surface area (Å²) in [5, 5.41) is 3.65. The minimum absolute atomic E-state index is 0.101. The summed E-state index contributed by atoms with van der Waals surface area (Å²) in [5.74, 6) is -0.964. The molecule has 0 aliphatic heterocycles. The van der Waals surface area contributed by atoms with Gasteiger partial charge in [0.2, 0.25) is 0 Å². The number of nitrogens with zero attached hydrogens (tertiary/aromatic N) is 3. The normalized spacial score (nSPS) is 10.6. The zero-order valence-electron chi connectivity index (χ0n) is 8.75. The second-order valence-corrected chi connectivity index (χ2v) is 3.12. The van der Waals surface area contributed by atoms with Crippen molar-refractivity contribution < 1.29 is 9.23 Å². The molecule has 1 heterocycles. The third-order valence-electron chi connectivity index (χ3n) is 1.88. The summed E-state index contributed by atoms with van der Waals surface area (Å²) < 4.78 is 12.7. The summed E-state index contributed by atoms with van der Waals surface area (Å²) in [5.41, 5.74) is 6.11. The van der Waals surface area contributed by atoms with Crippen LogP contribution in [0.4, 0.5) is 10.2 Å². The summed E-state index contributed by atoms with van der Waals surface area (Å²) in [4.78, 5) is 12.0. The van der Waals surface area contributed by atoms with E-state index in [1.807, 2.05) is 30.3 Å². The number of aromatic nitrogens is 2. The summed E-state index contributed by atoms with van der Waals surface area (Å²) in [6.07, 6.45) is 2.42. The molecule has 6 heteroatoms. The van der Waals surface area contributed by atoms with E-state index in [1.165, 1.54) is 6.21 Å². The molecule has 0 aliphatic rings. The molecule has 0 atom stereocenters. The van der Waals surface area contributed by atoms with Gasteiger partial charge in [0.05, 0.1) is 12.4 Å². The smallest absolute Gasteiger partial charge is 0.347 e. The number of nitrogens with two attached hydrogens (primary N) is 1. The SMILES string of the molecule is Nc1nc(ON=Cc2ccccc2)ncc1F. The maximum absolute atomic E-state index is 12.7. The van der Waals surface area contributed by atoms with Crippen LogP contribution in [0, 0.1) is 5.82 Å². The van der Waals surface area contributed by atoms with E-state index in [9.17, 15) is 4.39 Å². The molecule has 5 nitrogen and oxygen atoms in total. The van der Waals surface area contributed by atoms with Crippen LogP contribution in [0.2, 0.25) is 0 Å². The van der Waals surface area contributed by atoms with Crippen LogP contribution < -0.4 is 10.6 Å². The molecule has 0 bridgehead atoms. The Labute approximate surface area is 96.8 Å². The lowest BCUT2D eigenvalue weighted by Gasteiger charge is -1.97. The van der Waals surface area contributed by atoms with Gasteiger partial charge in [-0.05, 0) is 5.56 Å². The highest BCUT2D eigenvalue weighted by molar-refractivity contribution is 5.78. The number of oxime groups is 1. The van der Waals surface area contributed by atoms with Gasteiger partial charge in [-0.2, -0.15) is 9.97 Å². The lowest BCUT2D eigenvalue weighted by molar-refractivity contribution is 0.314. The van der Waals surface area contributed by atoms with E-state index in [0.29, 0.717) is 0 Å². The summed E-state index contributed by atoms with van der Waals surface area (Å²) in [6, 6.07) is 9.24. The maximum Gasteiger partial charge on any atom is 0.347 e. The summed E-state index contributed by atoms with van der Waals surface area (Å²) in [6.45, 7) is 0. The average Bonchev–Trinajstić information content (AvgIpc) is 2.35. The van der Waals surface area contributed by atoms with Gasteiger partial charge in [0.15, 0.2) is 11.6 Å². The molecule has 0 spiro atoms. The molecule has 17 heavy (non-hydrogen) atoms. The van der Waals surface area contributed by atoms with Crippen LogP contribution in [0.1, 0.15) is 5.56 Å². The number of hydrogen-bond acceptors (Lipinski definition) is 5. The lowest BCUT2D eigenvalue weighted by Crippen LogP contribution is -1.99. The van der Waals surface area contributed by atoms with Crippen molar-refractivity contribution in [1.29, 1.82) is 0 Å². The van der Waals surface area contributed by atoms with Gasteiger partial charge >= 0.3 is 6.01 Å². The van der Waals surface area contributed by atoms with E-state index < -0.39 is 5.82 Å². The van der Waals surface area contributed by atoms with Crippen LogP contribution in [-0.2, 0) is 0 Å². The van der Waals surface area contributed by atoms with Crippen molar-refractivity contribution in [3.63, 3.8) is 0 Å². The molecule has 0 fully saturated rings. The Balaban J connectivity index is 2.03. The molecule has 86 valence electrons. The fourth-order valence-corrected chi connectivity index (χ4v) is 1.08. The summed E-state index contributed by atoms with van der Waals surface area (Å²) >= 11 is 0. The molecule has 2 N–H and O–H groups in total. The molecule has 0 saturated heterocycles. The van der Waals surface area contributed by atoms with Crippen LogP contribution in [0.3, 0.4) is 0 Å². The molecule has 0 saturated carbocycles. The Morgan fingerprint density at radius 1 is 1.29 bits per heavy atom. The Morgan fingerprint density at radius 2 is 2.06 bits per heavy atom. The van der Waals surface area contributed by atoms with Crippen LogP contribution in [0.15, 0.2) is 41.7 Å². The van der Waals surface area contributed by atoms with Crippen LogP contribution >= 0.6 is 0 Å². The topological polar surface area (TPSA) is 73.4 Å². The Morgan fingerprint density at radius 3 is 2.76 bits per heavy atom. The molecule has 1 aromatic carbocycles. The maximum atomic E-state index is 12.7. The third-order valence-corrected chi connectivity index (χ3v) is 1.88. The average molecular weight is 232 g/mol. The standard InChI is InChI=1S/C11H9FN4O/c12-9-7-14-11(16-10(9)13)17-15-6-8-4-2-1-3-5-8/h1-7H,(H2,13,14,16). The first kappa shape index (κ1) is 11.0. The van der Waals surface area contributed by atoms with Crippen molar-refractivity contribution in [2.75, 3.05) is 5.73 Å². The van der Waals surface area contributed by atoms with Crippen molar-refractivity contribution in [2.24, 2.45) is 5.16 Å². The first-order valence-electron chi connectivity index (χ1n) is 4.79. The van der Waals surface area contributed by atoms with Gasteiger partial charge in [-0.15, -0.1) is 0 Å². The minimum Gasteiger partial charge on any atom is -0.381 e. The molecule has 1 aromatic heterocycles. The highest BCUT2D eigenvalue weighted by atomic mass is 19.1. The number of hydrogen-bond donors (Lipinski definition) is 1. The minimum atomic E-state index is -0.690. The first-order chi connectivity index (χ1) is 8.25. The quantitative estimate of drug-likeness (QED) is 0.644. The monoisotopic (exact) mass is 232 g/mol. The highest BCUT2D eigenvalue weighted by Crippen LogP contribution is 2.09. The van der Waals surface area contributed by atoms with Crippen molar-refractivity contribution >= 4 is 12.0 Å². The second-order valence-electron chi connectivity index (χ2n) is 3.12. The Hall–Kier alpha value is -2.50. The zero-order chi connectivity index (χ0) is 12.1. The van der Waals surface area contributed by atoms with Crippen molar-refractivity contribution in [3.8, 4) is 6.01 Å². The second kappa shape index (κ2) is 5.02. The number of benzene rings is 1. The van der Waals surface area contributed by atoms with E-state index in [0.717, 1.165) is 11.8 Å². The van der Waals surface area contributed by atoms with Gasteiger partial charge in [-0.25, -0.2) is 4.39 Å². The number of halogens is 1. The largest absolute Gasteiger partial charge is 0.381 e. The van der Waals surface area contributed by atoms with E-state index >= 15 is 0 Å². The molecule has 0 unspecified atom stereocenters. The van der Waals surface area contributed by atoms with Gasteiger partial charge in [0.25, 0.3) is 0 Å². The van der Waals surface area contributed by atoms with Gasteiger partial charge in [0.1, 0.15) is 0 Å². The van der Waals surface area contributed by atoms with E-state index in [4.69, 9.17) is 10.6 Å². The Bertz CT molecular complexity index is 530. The fourth-order valence-electron chi connectivity index (χ4n) is 1.08. The number of anilines is 1. The third kappa shape index (κ3) is 2.97. The molecular weight excluding hydrogens is 223 g/mol. The molecule has 2 rings (SSSR count). The molecule has 2 aromatic rings. The van der Waals surface area contributed by atoms with Crippen molar-refractivity contribution in [1.82, 2.24) is 9.97 Å². The van der Waals surface area contributed by atoms with Crippen LogP contribution in [-0.4, -0.2) is 16.2 Å². The summed E-state index contributed by atoms with van der Waals surface area (Å²) in [7, 11) is 0. The first-order valence-corrected chi connectivity index (χ1v) is 4.79. The predicted molar refractivity (Wildman–Crippen MR) is 61.1 cm³/mol. The van der Waals surface area contributed by atoms with Crippen LogP contribution in [0.5, 0.6) is 6.01 Å². The van der Waals surface area contributed by atoms with E-state index in [-0.39, 0.29) is 11.8 Å². The van der Waals surface area contributed by atoms with E-state index in [1.54, 1.807) is 0 Å². The highest BCUT2D eigenvalue weighted by Gasteiger charge is 2.03. The van der Waals surface area contributed by atoms with E-state index in [2.05, 4.69) is 15.1 Å². The fraction of sp³-hybridized carbons (Fsp3) is 0. The molecule has 0 amide bonds. The molecular formula is C11H9FN4O. The Kier molecular flexibility index (Phi) is 3.25. The lowest BCUT2D eigenvalue weighted by atomic mass is 10.2. The van der Waals surface area contributed by atoms with Gasteiger partial charge < -0.3 is 10.6 Å². The number of nitrogen functional groups attached to an aromatic ring is 1. The van der Waals surface area contributed by atoms with Crippen molar-refractivity contribution in [3.05, 3.63) is 47.9 Å². The van der Waals surface area contributed by atoms with Gasteiger partial charge in [0, 0.05) is 0 Å². The molecule has 0 aliphatic carbocycles. The zero-order valence-corrected chi connectivity index (χ0v) is 8.75. The van der Waals surface area contributed by atoms with Crippen molar-refractivity contribution in [2.45, 2.75) is 0 Å². The van der Waals surface area contributed by atoms with Crippen LogP contribution in [0.25, 0.3) is 0 Å².